The van der Waals surface area contributed by atoms with Crippen molar-refractivity contribution in [3.8, 4) is 6.07 Å². The van der Waals surface area contributed by atoms with Gasteiger partial charge in [0, 0.05) is 25.3 Å². The molecule has 0 spiro atoms. The number of pyridine rings is 1. The minimum absolute atomic E-state index is 0.217. The van der Waals surface area contributed by atoms with E-state index in [1.807, 2.05) is 32.0 Å². The lowest BCUT2D eigenvalue weighted by Gasteiger charge is -2.16. The molecule has 2 aromatic carbocycles. The van der Waals surface area contributed by atoms with E-state index in [0.717, 1.165) is 16.9 Å². The molecule has 3 aromatic rings. The van der Waals surface area contributed by atoms with Crippen LogP contribution in [0.25, 0.3) is 0 Å². The molecule has 8 heteroatoms. The Morgan fingerprint density at radius 2 is 1.81 bits per heavy atom. The second kappa shape index (κ2) is 9.94. The minimum atomic E-state index is -0.419. The Balaban J connectivity index is 1.79. The van der Waals surface area contributed by atoms with E-state index in [2.05, 4.69) is 21.7 Å². The number of nitrogens with one attached hydrogen (secondary N) is 2. The lowest BCUT2D eigenvalue weighted by Crippen LogP contribution is -2.16. The van der Waals surface area contributed by atoms with Gasteiger partial charge >= 0.3 is 0 Å². The fourth-order valence-electron chi connectivity index (χ4n) is 3.14. The molecule has 0 radical (unpaired) electrons. The van der Waals surface area contributed by atoms with E-state index >= 15 is 0 Å². The van der Waals surface area contributed by atoms with E-state index in [1.54, 1.807) is 42.6 Å². The number of aromatic nitrogens is 1. The van der Waals surface area contributed by atoms with Crippen LogP contribution in [-0.2, 0) is 6.42 Å². The lowest BCUT2D eigenvalue weighted by molar-refractivity contribution is 0.101. The average Bonchev–Trinajstić information content (AvgIpc) is 2.76. The standard InChI is InChI=1S/C24H22ClN5O2/c1-15-22(30(2)3)13-19(14-27-15)29-24(32)20-12-18(7-8-21(20)25)28-23(31)17-6-4-5-16(11-17)9-10-26/h4-8,11-14H,9H2,1-3H3,(H,28,31)(H,29,32). The number of amides is 2. The summed E-state index contributed by atoms with van der Waals surface area (Å²) in [6.07, 6.45) is 1.80. The van der Waals surface area contributed by atoms with E-state index in [1.165, 1.54) is 6.07 Å². The summed E-state index contributed by atoms with van der Waals surface area (Å²) in [6, 6.07) is 15.4. The normalized spacial score (nSPS) is 10.2. The minimum Gasteiger partial charge on any atom is -0.376 e. The lowest BCUT2D eigenvalue weighted by atomic mass is 10.1. The molecule has 1 aromatic heterocycles. The first-order valence-corrected chi connectivity index (χ1v) is 10.2. The second-order valence-corrected chi connectivity index (χ2v) is 7.77. The summed E-state index contributed by atoms with van der Waals surface area (Å²) in [5.41, 5.74) is 4.06. The van der Waals surface area contributed by atoms with Crippen LogP contribution in [0.1, 0.15) is 32.0 Å². The number of carbonyl (C=O) groups is 2. The number of hydrogen-bond donors (Lipinski definition) is 2. The smallest absolute Gasteiger partial charge is 0.257 e. The van der Waals surface area contributed by atoms with Gasteiger partial charge in [-0.25, -0.2) is 0 Å². The van der Waals surface area contributed by atoms with Gasteiger partial charge in [0.05, 0.1) is 46.3 Å². The van der Waals surface area contributed by atoms with E-state index in [9.17, 15) is 9.59 Å². The maximum absolute atomic E-state index is 12.8. The quantitative estimate of drug-likeness (QED) is 0.571. The van der Waals surface area contributed by atoms with Crippen LogP contribution in [0.3, 0.4) is 0 Å². The van der Waals surface area contributed by atoms with Crippen molar-refractivity contribution in [1.29, 1.82) is 5.26 Å². The van der Waals surface area contributed by atoms with Gasteiger partial charge in [-0.3, -0.25) is 14.6 Å². The molecule has 7 nitrogen and oxygen atoms in total. The van der Waals surface area contributed by atoms with Gasteiger partial charge in [0.15, 0.2) is 0 Å². The number of aryl methyl sites for hydroxylation is 1. The van der Waals surface area contributed by atoms with Gasteiger partial charge in [0.2, 0.25) is 0 Å². The summed E-state index contributed by atoms with van der Waals surface area (Å²) < 4.78 is 0. The molecule has 2 N–H and O–H groups in total. The molecule has 0 aliphatic carbocycles. The van der Waals surface area contributed by atoms with Gasteiger partial charge in [-0.05, 0) is 48.9 Å². The predicted octanol–water partition coefficient (Wildman–Crippen LogP) is 4.68. The van der Waals surface area contributed by atoms with Gasteiger partial charge in [-0.2, -0.15) is 5.26 Å². The fourth-order valence-corrected chi connectivity index (χ4v) is 3.34. The fraction of sp³-hybridized carbons (Fsp3) is 0.167. The van der Waals surface area contributed by atoms with Gasteiger partial charge in [-0.1, -0.05) is 23.7 Å². The van der Waals surface area contributed by atoms with Crippen LogP contribution in [0.2, 0.25) is 5.02 Å². The Morgan fingerprint density at radius 3 is 2.53 bits per heavy atom. The summed E-state index contributed by atoms with van der Waals surface area (Å²) in [7, 11) is 3.79. The number of anilines is 3. The molecular formula is C24H22ClN5O2. The highest BCUT2D eigenvalue weighted by Gasteiger charge is 2.15. The van der Waals surface area contributed by atoms with Gasteiger partial charge in [-0.15, -0.1) is 0 Å². The van der Waals surface area contributed by atoms with E-state index in [-0.39, 0.29) is 22.9 Å². The average molecular weight is 448 g/mol. The van der Waals surface area contributed by atoms with Crippen LogP contribution in [0.4, 0.5) is 17.1 Å². The van der Waals surface area contributed by atoms with E-state index in [0.29, 0.717) is 16.9 Å². The van der Waals surface area contributed by atoms with Crippen LogP contribution < -0.4 is 15.5 Å². The van der Waals surface area contributed by atoms with Crippen LogP contribution >= 0.6 is 11.6 Å². The molecule has 0 fully saturated rings. The highest BCUT2D eigenvalue weighted by Crippen LogP contribution is 2.24. The van der Waals surface area contributed by atoms with Crippen molar-refractivity contribution >= 4 is 40.5 Å². The molecule has 0 saturated heterocycles. The van der Waals surface area contributed by atoms with Crippen molar-refractivity contribution in [1.82, 2.24) is 4.98 Å². The summed E-state index contributed by atoms with van der Waals surface area (Å²) in [5, 5.41) is 14.7. The van der Waals surface area contributed by atoms with Crippen molar-refractivity contribution in [2.75, 3.05) is 29.6 Å². The third kappa shape index (κ3) is 5.42. The van der Waals surface area contributed by atoms with Gasteiger partial charge in [0.1, 0.15) is 0 Å². The topological polar surface area (TPSA) is 98.1 Å². The van der Waals surface area contributed by atoms with E-state index < -0.39 is 5.91 Å². The first-order chi connectivity index (χ1) is 15.3. The number of rotatable bonds is 6. The van der Waals surface area contributed by atoms with Crippen molar-refractivity contribution in [2.24, 2.45) is 0 Å². The SMILES string of the molecule is Cc1ncc(NC(=O)c2cc(NC(=O)c3cccc(CC#N)c3)ccc2Cl)cc1N(C)C. The third-order valence-corrected chi connectivity index (χ3v) is 5.07. The Labute approximate surface area is 191 Å². The van der Waals surface area contributed by atoms with Gasteiger partial charge < -0.3 is 15.5 Å². The second-order valence-electron chi connectivity index (χ2n) is 7.36. The molecule has 0 unspecified atom stereocenters. The molecule has 0 aliphatic rings. The molecular weight excluding hydrogens is 426 g/mol. The Morgan fingerprint density at radius 1 is 1.06 bits per heavy atom. The maximum Gasteiger partial charge on any atom is 0.257 e. The zero-order chi connectivity index (χ0) is 23.3. The summed E-state index contributed by atoms with van der Waals surface area (Å²) in [6.45, 7) is 1.89. The Kier molecular flexibility index (Phi) is 7.08. The highest BCUT2D eigenvalue weighted by atomic mass is 35.5. The summed E-state index contributed by atoms with van der Waals surface area (Å²) >= 11 is 6.25. The first kappa shape index (κ1) is 22.8. The predicted molar refractivity (Wildman–Crippen MR) is 126 cm³/mol. The molecule has 162 valence electrons. The number of carbonyl (C=O) groups excluding carboxylic acids is 2. The van der Waals surface area contributed by atoms with Crippen molar-refractivity contribution < 1.29 is 9.59 Å². The van der Waals surface area contributed by atoms with Crippen LogP contribution in [-0.4, -0.2) is 30.9 Å². The molecule has 0 saturated carbocycles. The largest absolute Gasteiger partial charge is 0.376 e. The number of benzene rings is 2. The molecule has 0 aliphatic heterocycles. The van der Waals surface area contributed by atoms with Crippen molar-refractivity contribution in [3.05, 3.63) is 82.1 Å². The van der Waals surface area contributed by atoms with Crippen LogP contribution in [0.5, 0.6) is 0 Å². The van der Waals surface area contributed by atoms with E-state index in [4.69, 9.17) is 16.9 Å². The van der Waals surface area contributed by atoms with Crippen molar-refractivity contribution in [2.45, 2.75) is 13.3 Å². The monoisotopic (exact) mass is 447 g/mol. The molecule has 3 rings (SSSR count). The molecule has 2 amide bonds. The summed E-state index contributed by atoms with van der Waals surface area (Å²) in [4.78, 5) is 31.7. The number of halogens is 1. The van der Waals surface area contributed by atoms with Crippen LogP contribution in [0, 0.1) is 18.3 Å². The maximum atomic E-state index is 12.8. The summed E-state index contributed by atoms with van der Waals surface area (Å²) in [5.74, 6) is -0.769. The van der Waals surface area contributed by atoms with Gasteiger partial charge in [0.25, 0.3) is 11.8 Å². The zero-order valence-corrected chi connectivity index (χ0v) is 18.7. The zero-order valence-electron chi connectivity index (χ0n) is 17.9. The first-order valence-electron chi connectivity index (χ1n) is 9.80. The molecule has 0 atom stereocenters. The number of nitrogens with zero attached hydrogens (tertiary/aromatic N) is 3. The molecule has 1 heterocycles. The number of hydrogen-bond acceptors (Lipinski definition) is 5. The molecule has 0 bridgehead atoms. The Bertz CT molecular complexity index is 1220. The van der Waals surface area contributed by atoms with Crippen molar-refractivity contribution in [3.63, 3.8) is 0 Å². The Hall–Kier alpha value is -3.89. The molecule has 32 heavy (non-hydrogen) atoms. The highest BCUT2D eigenvalue weighted by molar-refractivity contribution is 6.34. The number of nitriles is 1. The third-order valence-electron chi connectivity index (χ3n) is 4.74. The van der Waals surface area contributed by atoms with Crippen LogP contribution in [0.15, 0.2) is 54.7 Å².